The van der Waals surface area contributed by atoms with Crippen molar-refractivity contribution in [1.82, 2.24) is 0 Å². The molecule has 7 nitrogen and oxygen atoms in total. The molecule has 1 heterocycles. The Kier molecular flexibility index (Phi) is 7.17. The van der Waals surface area contributed by atoms with Crippen molar-refractivity contribution in [3.63, 3.8) is 0 Å². The molecular formula is C20H23NO6S. The molecule has 2 aromatic rings. The standard InChI is InChI=1S/C20H23NO6S/c1-6-26-19(23)15-12(4)16(20(24)27-11(2)3)28-18(15)21-17(22)13-7-9-14(25-5)10-8-13/h7-11H,6H2,1-5H3,(H,21,22). The second-order valence-corrected chi connectivity index (χ2v) is 7.14. The molecule has 0 atom stereocenters. The minimum absolute atomic E-state index is 0.157. The van der Waals surface area contributed by atoms with E-state index in [0.717, 1.165) is 11.3 Å². The molecular weight excluding hydrogens is 382 g/mol. The van der Waals surface area contributed by atoms with Gasteiger partial charge in [-0.2, -0.15) is 0 Å². The molecule has 0 saturated heterocycles. The Morgan fingerprint density at radius 1 is 1.11 bits per heavy atom. The van der Waals surface area contributed by atoms with Crippen LogP contribution in [0.25, 0.3) is 0 Å². The van der Waals surface area contributed by atoms with Crippen molar-refractivity contribution in [2.45, 2.75) is 33.8 Å². The van der Waals surface area contributed by atoms with Gasteiger partial charge in [-0.05, 0) is 57.5 Å². The van der Waals surface area contributed by atoms with Crippen molar-refractivity contribution >= 4 is 34.2 Å². The van der Waals surface area contributed by atoms with Crippen LogP contribution in [0.4, 0.5) is 5.00 Å². The minimum Gasteiger partial charge on any atom is -0.497 e. The van der Waals surface area contributed by atoms with Crippen LogP contribution in [-0.4, -0.2) is 37.7 Å². The zero-order valence-corrected chi connectivity index (χ0v) is 17.3. The normalized spacial score (nSPS) is 10.5. The van der Waals surface area contributed by atoms with E-state index in [-0.39, 0.29) is 28.2 Å². The van der Waals surface area contributed by atoms with Gasteiger partial charge in [-0.25, -0.2) is 9.59 Å². The van der Waals surface area contributed by atoms with Crippen LogP contribution in [0, 0.1) is 6.92 Å². The fraction of sp³-hybridized carbons (Fsp3) is 0.350. The van der Waals surface area contributed by atoms with Gasteiger partial charge in [0, 0.05) is 5.56 Å². The number of methoxy groups -OCH3 is 1. The maximum Gasteiger partial charge on any atom is 0.348 e. The van der Waals surface area contributed by atoms with Crippen molar-refractivity contribution in [2.75, 3.05) is 19.0 Å². The van der Waals surface area contributed by atoms with Gasteiger partial charge in [0.05, 0.1) is 25.4 Å². The quantitative estimate of drug-likeness (QED) is 0.699. The Morgan fingerprint density at radius 2 is 1.75 bits per heavy atom. The lowest BCUT2D eigenvalue weighted by Gasteiger charge is -2.08. The van der Waals surface area contributed by atoms with Crippen LogP contribution < -0.4 is 10.1 Å². The monoisotopic (exact) mass is 405 g/mol. The number of hydrogen-bond acceptors (Lipinski definition) is 7. The van der Waals surface area contributed by atoms with Crippen LogP contribution in [0.15, 0.2) is 24.3 Å². The first-order valence-electron chi connectivity index (χ1n) is 8.75. The number of hydrogen-bond donors (Lipinski definition) is 1. The van der Waals surface area contributed by atoms with E-state index >= 15 is 0 Å². The van der Waals surface area contributed by atoms with Crippen molar-refractivity contribution in [3.05, 3.63) is 45.8 Å². The minimum atomic E-state index is -0.607. The number of thiophene rings is 1. The van der Waals surface area contributed by atoms with Gasteiger partial charge < -0.3 is 19.5 Å². The van der Waals surface area contributed by atoms with Crippen molar-refractivity contribution in [3.8, 4) is 5.75 Å². The molecule has 0 radical (unpaired) electrons. The van der Waals surface area contributed by atoms with E-state index in [2.05, 4.69) is 5.32 Å². The number of carbonyl (C=O) groups excluding carboxylic acids is 3. The molecule has 0 bridgehead atoms. The molecule has 0 aliphatic heterocycles. The van der Waals surface area contributed by atoms with Gasteiger partial charge in [0.1, 0.15) is 15.6 Å². The highest BCUT2D eigenvalue weighted by molar-refractivity contribution is 7.18. The lowest BCUT2D eigenvalue weighted by atomic mass is 10.1. The second-order valence-electron chi connectivity index (χ2n) is 6.12. The van der Waals surface area contributed by atoms with Crippen molar-refractivity contribution < 1.29 is 28.6 Å². The lowest BCUT2D eigenvalue weighted by Crippen LogP contribution is -2.15. The molecule has 150 valence electrons. The summed E-state index contributed by atoms with van der Waals surface area (Å²) in [4.78, 5) is 37.6. The van der Waals surface area contributed by atoms with Crippen LogP contribution in [0.5, 0.6) is 5.75 Å². The van der Waals surface area contributed by atoms with Gasteiger partial charge in [0.2, 0.25) is 0 Å². The van der Waals surface area contributed by atoms with Crippen molar-refractivity contribution in [1.29, 1.82) is 0 Å². The molecule has 0 spiro atoms. The van der Waals surface area contributed by atoms with Crippen LogP contribution in [0.1, 0.15) is 56.7 Å². The van der Waals surface area contributed by atoms with Gasteiger partial charge in [-0.1, -0.05) is 0 Å². The number of amides is 1. The number of carbonyl (C=O) groups is 3. The van der Waals surface area contributed by atoms with Crippen LogP contribution >= 0.6 is 11.3 Å². The summed E-state index contributed by atoms with van der Waals surface area (Å²) in [6.07, 6.45) is -0.308. The van der Waals surface area contributed by atoms with Gasteiger partial charge in [0.15, 0.2) is 0 Å². The Labute approximate surface area is 167 Å². The first-order valence-corrected chi connectivity index (χ1v) is 9.57. The number of anilines is 1. The highest BCUT2D eigenvalue weighted by atomic mass is 32.1. The fourth-order valence-electron chi connectivity index (χ4n) is 2.43. The first kappa shape index (κ1) is 21.4. The molecule has 0 fully saturated rings. The highest BCUT2D eigenvalue weighted by Gasteiger charge is 2.28. The largest absolute Gasteiger partial charge is 0.497 e. The Hall–Kier alpha value is -2.87. The number of nitrogens with one attached hydrogen (secondary N) is 1. The Morgan fingerprint density at radius 3 is 2.29 bits per heavy atom. The van der Waals surface area contributed by atoms with Crippen molar-refractivity contribution in [2.24, 2.45) is 0 Å². The second kappa shape index (κ2) is 9.36. The molecule has 0 unspecified atom stereocenters. The lowest BCUT2D eigenvalue weighted by molar-refractivity contribution is 0.0383. The summed E-state index contributed by atoms with van der Waals surface area (Å²) < 4.78 is 15.4. The summed E-state index contributed by atoms with van der Waals surface area (Å²) in [5.74, 6) is -0.953. The van der Waals surface area contributed by atoms with E-state index < -0.39 is 17.8 Å². The van der Waals surface area contributed by atoms with Gasteiger partial charge in [-0.15, -0.1) is 11.3 Å². The molecule has 8 heteroatoms. The number of benzene rings is 1. The zero-order valence-electron chi connectivity index (χ0n) is 16.5. The van der Waals surface area contributed by atoms with E-state index in [9.17, 15) is 14.4 Å². The summed E-state index contributed by atoms with van der Waals surface area (Å²) in [7, 11) is 1.53. The van der Waals surface area contributed by atoms with E-state index in [1.165, 1.54) is 7.11 Å². The zero-order chi connectivity index (χ0) is 20.8. The third kappa shape index (κ3) is 4.89. The topological polar surface area (TPSA) is 90.9 Å². The summed E-state index contributed by atoms with van der Waals surface area (Å²) in [6.45, 7) is 6.95. The van der Waals surface area contributed by atoms with Gasteiger partial charge >= 0.3 is 11.9 Å². The first-order chi connectivity index (χ1) is 13.3. The van der Waals surface area contributed by atoms with E-state index in [1.807, 2.05) is 0 Å². The van der Waals surface area contributed by atoms with Gasteiger partial charge in [0.25, 0.3) is 5.91 Å². The number of esters is 2. The fourth-order valence-corrected chi connectivity index (χ4v) is 3.50. The predicted molar refractivity (Wildman–Crippen MR) is 107 cm³/mol. The van der Waals surface area contributed by atoms with Crippen LogP contribution in [0.2, 0.25) is 0 Å². The molecule has 0 aliphatic rings. The summed E-state index contributed by atoms with van der Waals surface area (Å²) in [5.41, 5.74) is 0.955. The third-order valence-corrected chi connectivity index (χ3v) is 4.92. The number of ether oxygens (including phenoxy) is 3. The molecule has 1 amide bonds. The average molecular weight is 405 g/mol. The molecule has 1 N–H and O–H groups in total. The summed E-state index contributed by atoms with van der Waals surface area (Å²) >= 11 is 0.989. The van der Waals surface area contributed by atoms with E-state index in [1.54, 1.807) is 52.0 Å². The van der Waals surface area contributed by atoms with E-state index in [4.69, 9.17) is 14.2 Å². The SMILES string of the molecule is CCOC(=O)c1c(NC(=O)c2ccc(OC)cc2)sc(C(=O)OC(C)C)c1C. The average Bonchev–Trinajstić information content (AvgIpc) is 2.97. The molecule has 1 aromatic heterocycles. The maximum absolute atomic E-state index is 12.6. The smallest absolute Gasteiger partial charge is 0.348 e. The molecule has 1 aromatic carbocycles. The van der Waals surface area contributed by atoms with Gasteiger partial charge in [-0.3, -0.25) is 4.79 Å². The predicted octanol–water partition coefficient (Wildman–Crippen LogP) is 4.06. The third-order valence-electron chi connectivity index (χ3n) is 3.73. The molecule has 28 heavy (non-hydrogen) atoms. The Bertz CT molecular complexity index is 870. The molecule has 2 rings (SSSR count). The maximum atomic E-state index is 12.6. The summed E-state index contributed by atoms with van der Waals surface area (Å²) in [6, 6.07) is 6.53. The van der Waals surface area contributed by atoms with Crippen LogP contribution in [-0.2, 0) is 9.47 Å². The van der Waals surface area contributed by atoms with E-state index in [0.29, 0.717) is 16.9 Å². The van der Waals surface area contributed by atoms with Crippen LogP contribution in [0.3, 0.4) is 0 Å². The molecule has 0 aliphatic carbocycles. The Balaban J connectivity index is 2.38. The number of rotatable bonds is 7. The highest BCUT2D eigenvalue weighted by Crippen LogP contribution is 2.35. The summed E-state index contributed by atoms with van der Waals surface area (Å²) in [5, 5.41) is 2.95. The molecule has 0 saturated carbocycles.